The molecule has 0 saturated heterocycles. The van der Waals surface area contributed by atoms with Gasteiger partial charge in [0, 0.05) is 6.54 Å². The number of rotatable bonds is 4. The number of nitrogens with two attached hydrogens (primary N) is 1. The van der Waals surface area contributed by atoms with E-state index >= 15 is 0 Å². The zero-order chi connectivity index (χ0) is 15.6. The largest absolute Gasteiger partial charge is 0.326 e. The van der Waals surface area contributed by atoms with Crippen molar-refractivity contribution in [2.75, 3.05) is 4.72 Å². The first-order valence-corrected chi connectivity index (χ1v) is 7.97. The maximum atomic E-state index is 13.8. The standard InChI is InChI=1S/C14H14ClFN2O2S/c1-9-5-6-11(7-10(9)8-17)21(19,20)18-13-4-2-3-12(15)14(13)16/h2-7,18H,8,17H2,1H3. The third-order valence-electron chi connectivity index (χ3n) is 3.05. The van der Waals surface area contributed by atoms with Crippen molar-refractivity contribution in [2.45, 2.75) is 18.4 Å². The SMILES string of the molecule is Cc1ccc(S(=O)(=O)Nc2cccc(Cl)c2F)cc1CN. The highest BCUT2D eigenvalue weighted by atomic mass is 35.5. The Kier molecular flexibility index (Phi) is 4.51. The average molecular weight is 329 g/mol. The van der Waals surface area contributed by atoms with Gasteiger partial charge in [0.05, 0.1) is 15.6 Å². The number of halogens is 2. The van der Waals surface area contributed by atoms with E-state index < -0.39 is 15.8 Å². The lowest BCUT2D eigenvalue weighted by Crippen LogP contribution is -2.15. The van der Waals surface area contributed by atoms with E-state index in [1.165, 1.54) is 30.3 Å². The first kappa shape index (κ1) is 15.8. The quantitative estimate of drug-likeness (QED) is 0.906. The fourth-order valence-corrected chi connectivity index (χ4v) is 3.11. The molecule has 0 radical (unpaired) electrons. The number of anilines is 1. The lowest BCUT2D eigenvalue weighted by atomic mass is 10.1. The molecule has 2 aromatic carbocycles. The average Bonchev–Trinajstić information content (AvgIpc) is 2.44. The van der Waals surface area contributed by atoms with Gasteiger partial charge in [-0.1, -0.05) is 23.7 Å². The van der Waals surface area contributed by atoms with Crippen molar-refractivity contribution >= 4 is 27.3 Å². The lowest BCUT2D eigenvalue weighted by molar-refractivity contribution is 0.598. The van der Waals surface area contributed by atoms with Crippen molar-refractivity contribution in [1.29, 1.82) is 0 Å². The molecule has 4 nitrogen and oxygen atoms in total. The summed E-state index contributed by atoms with van der Waals surface area (Å²) in [6.07, 6.45) is 0. The molecule has 0 aromatic heterocycles. The minimum Gasteiger partial charge on any atom is -0.326 e. The molecule has 0 heterocycles. The molecule has 0 fully saturated rings. The lowest BCUT2D eigenvalue weighted by Gasteiger charge is -2.11. The van der Waals surface area contributed by atoms with E-state index in [-0.39, 0.29) is 22.2 Å². The van der Waals surface area contributed by atoms with Gasteiger partial charge in [-0.2, -0.15) is 0 Å². The van der Waals surface area contributed by atoms with Gasteiger partial charge in [0.15, 0.2) is 5.82 Å². The van der Waals surface area contributed by atoms with Crippen molar-refractivity contribution in [3.05, 3.63) is 58.4 Å². The monoisotopic (exact) mass is 328 g/mol. The zero-order valence-electron chi connectivity index (χ0n) is 11.2. The topological polar surface area (TPSA) is 72.2 Å². The minimum absolute atomic E-state index is 0.0212. The maximum Gasteiger partial charge on any atom is 0.261 e. The summed E-state index contributed by atoms with van der Waals surface area (Å²) >= 11 is 5.63. The molecule has 0 unspecified atom stereocenters. The van der Waals surface area contributed by atoms with E-state index in [2.05, 4.69) is 4.72 Å². The first-order chi connectivity index (χ1) is 9.85. The second-order valence-corrected chi connectivity index (χ2v) is 6.59. The Bertz CT molecular complexity index is 779. The van der Waals surface area contributed by atoms with E-state index in [0.717, 1.165) is 5.56 Å². The molecule has 0 aliphatic carbocycles. The van der Waals surface area contributed by atoms with Gasteiger partial charge in [-0.05, 0) is 42.3 Å². The number of nitrogens with one attached hydrogen (secondary N) is 1. The van der Waals surface area contributed by atoms with Crippen LogP contribution >= 0.6 is 11.6 Å². The molecule has 21 heavy (non-hydrogen) atoms. The summed E-state index contributed by atoms with van der Waals surface area (Å²) in [6, 6.07) is 8.68. The fraction of sp³-hybridized carbons (Fsp3) is 0.143. The summed E-state index contributed by atoms with van der Waals surface area (Å²) in [5, 5.41) is -0.151. The molecule has 0 spiro atoms. The van der Waals surface area contributed by atoms with Crippen molar-refractivity contribution in [1.82, 2.24) is 0 Å². The van der Waals surface area contributed by atoms with Crippen LogP contribution in [0.25, 0.3) is 0 Å². The highest BCUT2D eigenvalue weighted by Gasteiger charge is 2.18. The van der Waals surface area contributed by atoms with Crippen LogP contribution in [0.15, 0.2) is 41.3 Å². The molecule has 0 aliphatic heterocycles. The normalized spacial score (nSPS) is 11.4. The smallest absolute Gasteiger partial charge is 0.261 e. The number of benzene rings is 2. The van der Waals surface area contributed by atoms with Gasteiger partial charge in [0.2, 0.25) is 0 Å². The van der Waals surface area contributed by atoms with Crippen LogP contribution in [-0.4, -0.2) is 8.42 Å². The summed E-state index contributed by atoms with van der Waals surface area (Å²) < 4.78 is 40.5. The third kappa shape index (κ3) is 3.34. The summed E-state index contributed by atoms with van der Waals surface area (Å²) in [7, 11) is -3.91. The second kappa shape index (κ2) is 6.01. The van der Waals surface area contributed by atoms with Crippen molar-refractivity contribution in [3.8, 4) is 0 Å². The summed E-state index contributed by atoms with van der Waals surface area (Å²) in [5.41, 5.74) is 6.98. The van der Waals surface area contributed by atoms with Gasteiger partial charge in [-0.25, -0.2) is 12.8 Å². The Morgan fingerprint density at radius 1 is 1.29 bits per heavy atom. The van der Waals surface area contributed by atoms with Gasteiger partial charge in [-0.15, -0.1) is 0 Å². The Hall–Kier alpha value is -1.63. The van der Waals surface area contributed by atoms with Gasteiger partial charge < -0.3 is 5.73 Å². The highest BCUT2D eigenvalue weighted by Crippen LogP contribution is 2.25. The van der Waals surface area contributed by atoms with Crippen LogP contribution in [0, 0.1) is 12.7 Å². The van der Waals surface area contributed by atoms with E-state index in [1.54, 1.807) is 6.07 Å². The van der Waals surface area contributed by atoms with Crippen LogP contribution in [0.5, 0.6) is 0 Å². The molecule has 0 amide bonds. The summed E-state index contributed by atoms with van der Waals surface area (Å²) in [4.78, 5) is 0.0212. The molecule has 0 bridgehead atoms. The molecule has 0 saturated carbocycles. The van der Waals surface area contributed by atoms with Crippen molar-refractivity contribution in [2.24, 2.45) is 5.73 Å². The van der Waals surface area contributed by atoms with Crippen LogP contribution in [-0.2, 0) is 16.6 Å². The molecule has 2 aromatic rings. The second-order valence-electron chi connectivity index (χ2n) is 4.50. The van der Waals surface area contributed by atoms with Gasteiger partial charge >= 0.3 is 0 Å². The first-order valence-electron chi connectivity index (χ1n) is 6.11. The summed E-state index contributed by atoms with van der Waals surface area (Å²) in [6.45, 7) is 2.06. The van der Waals surface area contributed by atoms with Crippen LogP contribution in [0.3, 0.4) is 0 Å². The minimum atomic E-state index is -3.91. The number of hydrogen-bond acceptors (Lipinski definition) is 3. The van der Waals surface area contributed by atoms with E-state index in [4.69, 9.17) is 17.3 Å². The van der Waals surface area contributed by atoms with E-state index in [9.17, 15) is 12.8 Å². The van der Waals surface area contributed by atoms with E-state index in [0.29, 0.717) is 5.56 Å². The summed E-state index contributed by atoms with van der Waals surface area (Å²) in [5.74, 6) is -0.811. The van der Waals surface area contributed by atoms with E-state index in [1.807, 2.05) is 6.92 Å². The fourth-order valence-electron chi connectivity index (χ4n) is 1.82. The van der Waals surface area contributed by atoms with Gasteiger partial charge in [0.1, 0.15) is 0 Å². The molecule has 112 valence electrons. The van der Waals surface area contributed by atoms with Gasteiger partial charge in [-0.3, -0.25) is 4.72 Å². The molecular formula is C14H14ClFN2O2S. The molecule has 7 heteroatoms. The van der Waals surface area contributed by atoms with Crippen LogP contribution in [0.4, 0.5) is 10.1 Å². The predicted molar refractivity (Wildman–Crippen MR) is 81.3 cm³/mol. The molecule has 0 atom stereocenters. The Morgan fingerprint density at radius 3 is 2.67 bits per heavy atom. The van der Waals surface area contributed by atoms with Crippen LogP contribution < -0.4 is 10.5 Å². The highest BCUT2D eigenvalue weighted by molar-refractivity contribution is 7.92. The number of sulfonamides is 1. The Balaban J connectivity index is 2.41. The van der Waals surface area contributed by atoms with Crippen LogP contribution in [0.1, 0.15) is 11.1 Å². The number of aryl methyl sites for hydroxylation is 1. The van der Waals surface area contributed by atoms with Crippen LogP contribution in [0.2, 0.25) is 5.02 Å². The Morgan fingerprint density at radius 2 is 2.00 bits per heavy atom. The van der Waals surface area contributed by atoms with Gasteiger partial charge in [0.25, 0.3) is 10.0 Å². The molecule has 3 N–H and O–H groups in total. The number of hydrogen-bond donors (Lipinski definition) is 2. The van der Waals surface area contributed by atoms with Crippen molar-refractivity contribution in [3.63, 3.8) is 0 Å². The van der Waals surface area contributed by atoms with Crippen molar-refractivity contribution < 1.29 is 12.8 Å². The Labute approximate surface area is 127 Å². The zero-order valence-corrected chi connectivity index (χ0v) is 12.8. The third-order valence-corrected chi connectivity index (χ3v) is 4.70. The molecule has 2 rings (SSSR count). The predicted octanol–water partition coefficient (Wildman–Crippen LogP) is 3.05. The molecular weight excluding hydrogens is 315 g/mol. The maximum absolute atomic E-state index is 13.8. The molecule has 0 aliphatic rings.